The van der Waals surface area contributed by atoms with Crippen LogP contribution in [0.3, 0.4) is 0 Å². The average Bonchev–Trinajstić information content (AvgIpc) is 3.45. The van der Waals surface area contributed by atoms with Crippen LogP contribution in [0.1, 0.15) is 44.9 Å². The number of hydrogen-bond acceptors (Lipinski definition) is 7. The van der Waals surface area contributed by atoms with E-state index in [1.807, 2.05) is 68.4 Å². The molecule has 1 aromatic heterocycles. The number of nitrogens with zero attached hydrogens (tertiary/aromatic N) is 2. The summed E-state index contributed by atoms with van der Waals surface area (Å²) in [5.74, 6) is -2.15. The van der Waals surface area contributed by atoms with Crippen molar-refractivity contribution in [1.29, 1.82) is 0 Å². The van der Waals surface area contributed by atoms with E-state index in [1.165, 1.54) is 11.3 Å². The summed E-state index contributed by atoms with van der Waals surface area (Å²) in [7, 11) is 0. The van der Waals surface area contributed by atoms with E-state index in [0.717, 1.165) is 26.6 Å². The Morgan fingerprint density at radius 2 is 1.69 bits per heavy atom. The molecular weight excluding hydrogens is 464 g/mol. The molecule has 2 saturated heterocycles. The third kappa shape index (κ3) is 3.73. The van der Waals surface area contributed by atoms with Crippen LogP contribution in [-0.2, 0) is 19.2 Å². The van der Waals surface area contributed by atoms with Gasteiger partial charge in [-0.3, -0.25) is 14.4 Å². The van der Waals surface area contributed by atoms with Gasteiger partial charge in [-0.05, 0) is 51.0 Å². The van der Waals surface area contributed by atoms with E-state index in [1.54, 1.807) is 18.9 Å². The molecule has 3 heterocycles. The van der Waals surface area contributed by atoms with Crippen molar-refractivity contribution in [3.8, 4) is 0 Å². The Morgan fingerprint density at radius 1 is 1.00 bits per heavy atom. The van der Waals surface area contributed by atoms with Crippen LogP contribution in [0.25, 0.3) is 0 Å². The van der Waals surface area contributed by atoms with Crippen LogP contribution in [0, 0.1) is 26.7 Å². The number of hydroxylamine groups is 1. The number of esters is 1. The summed E-state index contributed by atoms with van der Waals surface area (Å²) in [5.41, 5.74) is 3.70. The highest BCUT2D eigenvalue weighted by Crippen LogP contribution is 2.49. The van der Waals surface area contributed by atoms with Crippen molar-refractivity contribution in [3.63, 3.8) is 0 Å². The first-order valence-corrected chi connectivity index (χ1v) is 12.4. The molecule has 2 aromatic carbocycles. The fourth-order valence-electron chi connectivity index (χ4n) is 4.73. The standard InChI is InChI=1S/C27H26N2O5S/c1-5-33-27(32)20-16(3)17(4)35-26(20)28-24(30)21-22(18-13-11-15(2)12-14-18)29(34-23(21)25(28)31)19-9-7-6-8-10-19/h6-14,21-23H,5H2,1-4H3/t21-,22-,23+/m1/s1. The molecule has 3 aromatic rings. The molecule has 7 nitrogen and oxygen atoms in total. The van der Waals surface area contributed by atoms with E-state index in [9.17, 15) is 14.4 Å². The van der Waals surface area contributed by atoms with Gasteiger partial charge in [0.05, 0.1) is 23.9 Å². The van der Waals surface area contributed by atoms with E-state index in [2.05, 4.69) is 0 Å². The normalized spacial score (nSPS) is 21.5. The molecular formula is C27H26N2O5S. The minimum Gasteiger partial charge on any atom is -0.462 e. The van der Waals surface area contributed by atoms with Gasteiger partial charge in [-0.15, -0.1) is 11.3 Å². The number of aryl methyl sites for hydroxylation is 2. The number of ether oxygens (including phenoxy) is 1. The first kappa shape index (κ1) is 23.3. The predicted octanol–water partition coefficient (Wildman–Crippen LogP) is 4.90. The van der Waals surface area contributed by atoms with Gasteiger partial charge in [0.25, 0.3) is 5.91 Å². The Bertz CT molecular complexity index is 1300. The van der Waals surface area contributed by atoms with Crippen molar-refractivity contribution < 1.29 is 24.0 Å². The number of imide groups is 1. The fourth-order valence-corrected chi connectivity index (χ4v) is 5.88. The summed E-state index contributed by atoms with van der Waals surface area (Å²) in [6.07, 6.45) is -0.994. The minimum absolute atomic E-state index is 0.199. The smallest absolute Gasteiger partial charge is 0.341 e. The molecule has 0 bridgehead atoms. The first-order valence-electron chi connectivity index (χ1n) is 11.6. The van der Waals surface area contributed by atoms with Crippen molar-refractivity contribution in [2.45, 2.75) is 39.8 Å². The summed E-state index contributed by atoms with van der Waals surface area (Å²) in [6, 6.07) is 16.8. The lowest BCUT2D eigenvalue weighted by molar-refractivity contribution is -0.126. The van der Waals surface area contributed by atoms with Crippen molar-refractivity contribution in [1.82, 2.24) is 0 Å². The quantitative estimate of drug-likeness (QED) is 0.374. The Kier molecular flexibility index (Phi) is 5.94. The molecule has 0 unspecified atom stereocenters. The number of carbonyl (C=O) groups excluding carboxylic acids is 3. The average molecular weight is 491 g/mol. The SMILES string of the molecule is CCOC(=O)c1c(N2C(=O)[C@H]3[C@H](ON(c4ccccc4)[C@@H]3c3ccc(C)cc3)C2=O)sc(C)c1C. The summed E-state index contributed by atoms with van der Waals surface area (Å²) in [4.78, 5) is 48.5. The van der Waals surface area contributed by atoms with Gasteiger partial charge in [-0.2, -0.15) is 0 Å². The number of rotatable bonds is 5. The lowest BCUT2D eigenvalue weighted by atomic mass is 9.90. The molecule has 2 fully saturated rings. The number of amides is 2. The monoisotopic (exact) mass is 490 g/mol. The second-order valence-corrected chi connectivity index (χ2v) is 9.97. The van der Waals surface area contributed by atoms with Crippen LogP contribution in [0.2, 0.25) is 0 Å². The summed E-state index contributed by atoms with van der Waals surface area (Å²) < 4.78 is 5.24. The largest absolute Gasteiger partial charge is 0.462 e. The van der Waals surface area contributed by atoms with Crippen LogP contribution < -0.4 is 9.96 Å². The summed E-state index contributed by atoms with van der Waals surface area (Å²) >= 11 is 1.25. The van der Waals surface area contributed by atoms with E-state index in [0.29, 0.717) is 10.6 Å². The highest BCUT2D eigenvalue weighted by molar-refractivity contribution is 7.17. The zero-order valence-electron chi connectivity index (χ0n) is 20.0. The topological polar surface area (TPSA) is 76.2 Å². The Balaban J connectivity index is 1.59. The molecule has 0 aliphatic carbocycles. The van der Waals surface area contributed by atoms with Crippen molar-refractivity contribution in [2.24, 2.45) is 5.92 Å². The van der Waals surface area contributed by atoms with Gasteiger partial charge >= 0.3 is 5.97 Å². The molecule has 2 aliphatic heterocycles. The molecule has 2 amide bonds. The Morgan fingerprint density at radius 3 is 2.34 bits per heavy atom. The first-order chi connectivity index (χ1) is 16.8. The number of fused-ring (bicyclic) bond motifs is 1. The molecule has 0 spiro atoms. The summed E-state index contributed by atoms with van der Waals surface area (Å²) in [5, 5.41) is 1.98. The van der Waals surface area contributed by atoms with Crippen LogP contribution in [0.4, 0.5) is 10.7 Å². The Labute approximate surface area is 207 Å². The lowest BCUT2D eigenvalue weighted by Gasteiger charge is -2.28. The third-order valence-corrected chi connectivity index (χ3v) is 7.79. The molecule has 180 valence electrons. The molecule has 3 atom stereocenters. The maximum Gasteiger partial charge on any atom is 0.341 e. The van der Waals surface area contributed by atoms with Gasteiger partial charge in [-0.25, -0.2) is 14.8 Å². The van der Waals surface area contributed by atoms with E-state index in [-0.39, 0.29) is 18.1 Å². The molecule has 0 radical (unpaired) electrons. The van der Waals surface area contributed by atoms with E-state index < -0.39 is 29.9 Å². The van der Waals surface area contributed by atoms with Crippen molar-refractivity contribution >= 4 is 39.8 Å². The second kappa shape index (κ2) is 8.94. The molecule has 5 rings (SSSR count). The number of carbonyl (C=O) groups is 3. The van der Waals surface area contributed by atoms with Gasteiger partial charge in [-0.1, -0.05) is 48.0 Å². The van der Waals surface area contributed by atoms with Crippen LogP contribution in [0.5, 0.6) is 0 Å². The molecule has 8 heteroatoms. The highest BCUT2D eigenvalue weighted by atomic mass is 32.1. The number of hydrogen-bond donors (Lipinski definition) is 0. The van der Waals surface area contributed by atoms with Gasteiger partial charge in [0.15, 0.2) is 6.10 Å². The highest BCUT2D eigenvalue weighted by Gasteiger charge is 2.61. The predicted molar refractivity (Wildman–Crippen MR) is 133 cm³/mol. The van der Waals surface area contributed by atoms with Gasteiger partial charge < -0.3 is 4.74 Å². The maximum atomic E-state index is 13.9. The zero-order chi connectivity index (χ0) is 24.9. The van der Waals surface area contributed by atoms with E-state index >= 15 is 0 Å². The Hall–Kier alpha value is -3.49. The van der Waals surface area contributed by atoms with Crippen LogP contribution in [-0.4, -0.2) is 30.5 Å². The number of para-hydroxylation sites is 1. The van der Waals surface area contributed by atoms with Gasteiger partial charge in [0.1, 0.15) is 10.9 Å². The molecule has 0 saturated carbocycles. The lowest BCUT2D eigenvalue weighted by Crippen LogP contribution is -2.37. The second-order valence-electron chi connectivity index (χ2n) is 8.76. The van der Waals surface area contributed by atoms with E-state index in [4.69, 9.17) is 9.57 Å². The summed E-state index contributed by atoms with van der Waals surface area (Å²) in [6.45, 7) is 7.58. The molecule has 2 aliphatic rings. The number of anilines is 2. The number of thiophene rings is 1. The van der Waals surface area contributed by atoms with Crippen LogP contribution >= 0.6 is 11.3 Å². The minimum atomic E-state index is -0.994. The third-order valence-electron chi connectivity index (χ3n) is 6.59. The van der Waals surface area contributed by atoms with Crippen molar-refractivity contribution in [2.75, 3.05) is 16.6 Å². The van der Waals surface area contributed by atoms with Gasteiger partial charge in [0, 0.05) is 4.88 Å². The number of benzene rings is 2. The zero-order valence-corrected chi connectivity index (χ0v) is 20.8. The fraction of sp³-hybridized carbons (Fsp3) is 0.296. The maximum absolute atomic E-state index is 13.9. The molecule has 0 N–H and O–H groups in total. The molecule has 35 heavy (non-hydrogen) atoms. The van der Waals surface area contributed by atoms with Crippen LogP contribution in [0.15, 0.2) is 54.6 Å². The van der Waals surface area contributed by atoms with Gasteiger partial charge in [0.2, 0.25) is 5.91 Å². The van der Waals surface area contributed by atoms with Crippen molar-refractivity contribution in [3.05, 3.63) is 81.7 Å².